The van der Waals surface area contributed by atoms with Crippen molar-refractivity contribution in [2.45, 2.75) is 77.0 Å². The smallest absolute Gasteiger partial charge is 0.339 e. The molecule has 0 aromatic heterocycles. The van der Waals surface area contributed by atoms with Crippen LogP contribution in [0.3, 0.4) is 0 Å². The summed E-state index contributed by atoms with van der Waals surface area (Å²) in [6, 6.07) is 12.7. The molecule has 2 rings (SSSR count). The van der Waals surface area contributed by atoms with Gasteiger partial charge in [0.1, 0.15) is 10.6 Å². The van der Waals surface area contributed by atoms with E-state index >= 15 is 0 Å². The Balaban J connectivity index is 2.22. The highest BCUT2D eigenvalue weighted by Gasteiger charge is 2.17. The molecule has 3 nitrogen and oxygen atoms in total. The lowest BCUT2D eigenvalue weighted by Gasteiger charge is -2.12. The van der Waals surface area contributed by atoms with E-state index in [-0.39, 0.29) is 4.90 Å². The summed E-state index contributed by atoms with van der Waals surface area (Å²) >= 11 is 0. The third-order valence-electron chi connectivity index (χ3n) is 4.68. The Morgan fingerprint density at radius 1 is 0.778 bits per heavy atom. The minimum atomic E-state index is -3.81. The topological polar surface area (TPSA) is 43.4 Å². The number of benzene rings is 2. The molecule has 0 aliphatic carbocycles. The van der Waals surface area contributed by atoms with E-state index < -0.39 is 10.1 Å². The molecule has 0 bridgehead atoms. The van der Waals surface area contributed by atoms with Crippen LogP contribution in [0.25, 0.3) is 0 Å². The van der Waals surface area contributed by atoms with Crippen molar-refractivity contribution in [3.05, 3.63) is 59.2 Å². The van der Waals surface area contributed by atoms with Gasteiger partial charge < -0.3 is 4.18 Å². The van der Waals surface area contributed by atoms with E-state index in [2.05, 4.69) is 19.9 Å². The molecule has 0 fully saturated rings. The Kier molecular flexibility index (Phi) is 8.36. The van der Waals surface area contributed by atoms with Gasteiger partial charge in [0.05, 0.1) is 0 Å². The highest BCUT2D eigenvalue weighted by molar-refractivity contribution is 7.87. The molecule has 0 aliphatic rings. The lowest BCUT2D eigenvalue weighted by Crippen LogP contribution is -2.10. The minimum Gasteiger partial charge on any atom is -0.379 e. The van der Waals surface area contributed by atoms with E-state index in [4.69, 9.17) is 4.18 Å². The van der Waals surface area contributed by atoms with Crippen molar-refractivity contribution in [3.63, 3.8) is 0 Å². The normalized spacial score (nSPS) is 11.5. The summed E-state index contributed by atoms with van der Waals surface area (Å²) in [6.45, 7) is 6.30. The molecule has 4 heteroatoms. The monoisotopic (exact) mass is 388 g/mol. The second-order valence-corrected chi connectivity index (χ2v) is 8.80. The van der Waals surface area contributed by atoms with Gasteiger partial charge in [-0.25, -0.2) is 0 Å². The van der Waals surface area contributed by atoms with Gasteiger partial charge in [-0.2, -0.15) is 8.42 Å². The molecule has 0 radical (unpaired) electrons. The molecular weight excluding hydrogens is 356 g/mol. The number of rotatable bonds is 11. The van der Waals surface area contributed by atoms with Crippen LogP contribution in [0.5, 0.6) is 5.75 Å². The van der Waals surface area contributed by atoms with Gasteiger partial charge in [0.25, 0.3) is 0 Å². The van der Waals surface area contributed by atoms with Gasteiger partial charge in [0.2, 0.25) is 0 Å². The van der Waals surface area contributed by atoms with Crippen molar-refractivity contribution in [1.29, 1.82) is 0 Å². The van der Waals surface area contributed by atoms with Crippen LogP contribution in [0, 0.1) is 6.92 Å². The predicted octanol–water partition coefficient (Wildman–Crippen LogP) is 6.23. The Hall–Kier alpha value is -1.81. The molecule has 0 amide bonds. The Morgan fingerprint density at radius 2 is 1.30 bits per heavy atom. The summed E-state index contributed by atoms with van der Waals surface area (Å²) in [7, 11) is -3.81. The molecule has 0 heterocycles. The zero-order valence-corrected chi connectivity index (χ0v) is 17.6. The summed E-state index contributed by atoms with van der Waals surface area (Å²) in [5, 5.41) is 0. The lowest BCUT2D eigenvalue weighted by molar-refractivity contribution is 0.485. The molecule has 0 atom stereocenters. The zero-order chi connectivity index (χ0) is 19.7. The van der Waals surface area contributed by atoms with Crippen LogP contribution in [0.1, 0.15) is 69.1 Å². The number of hydrogen-bond donors (Lipinski definition) is 0. The Morgan fingerprint density at radius 3 is 1.78 bits per heavy atom. The highest BCUT2D eigenvalue weighted by atomic mass is 32.2. The third-order valence-corrected chi connectivity index (χ3v) is 5.94. The van der Waals surface area contributed by atoms with E-state index in [1.54, 1.807) is 24.3 Å². The van der Waals surface area contributed by atoms with Gasteiger partial charge in [0, 0.05) is 0 Å². The molecule has 0 unspecified atom stereocenters. The van der Waals surface area contributed by atoms with E-state index in [0.717, 1.165) is 42.4 Å². The van der Waals surface area contributed by atoms with Crippen LogP contribution in [-0.2, 0) is 23.0 Å². The zero-order valence-electron chi connectivity index (χ0n) is 16.8. The van der Waals surface area contributed by atoms with Gasteiger partial charge in [-0.05, 0) is 68.0 Å². The van der Waals surface area contributed by atoms with Crippen molar-refractivity contribution in [1.82, 2.24) is 0 Å². The molecule has 27 heavy (non-hydrogen) atoms. The van der Waals surface area contributed by atoms with Gasteiger partial charge in [0.15, 0.2) is 0 Å². The summed E-state index contributed by atoms with van der Waals surface area (Å²) in [4.78, 5) is 0.192. The Bertz CT molecular complexity index is 780. The number of unbranched alkanes of at least 4 members (excludes halogenated alkanes) is 4. The molecule has 0 N–H and O–H groups in total. The predicted molar refractivity (Wildman–Crippen MR) is 112 cm³/mol. The van der Waals surface area contributed by atoms with Crippen LogP contribution in [-0.4, -0.2) is 8.42 Å². The van der Waals surface area contributed by atoms with Crippen molar-refractivity contribution in [2.24, 2.45) is 0 Å². The fraction of sp³-hybridized carbons (Fsp3) is 0.478. The third kappa shape index (κ3) is 7.02. The summed E-state index contributed by atoms with van der Waals surface area (Å²) in [5.41, 5.74) is 3.34. The van der Waals surface area contributed by atoms with Crippen LogP contribution in [0.4, 0.5) is 0 Å². The van der Waals surface area contributed by atoms with Gasteiger partial charge in [-0.3, -0.25) is 0 Å². The molecule has 148 valence electrons. The van der Waals surface area contributed by atoms with E-state index in [9.17, 15) is 8.42 Å². The standard InChI is InChI=1S/C23H32O3S/c1-4-6-8-10-20-16-21(11-9-7-5-2)18-22(17-20)26-27(24,25)23-14-12-19(3)13-15-23/h12-18H,4-11H2,1-3H3. The largest absolute Gasteiger partial charge is 0.379 e. The maximum atomic E-state index is 12.6. The molecule has 0 saturated heterocycles. The van der Waals surface area contributed by atoms with Gasteiger partial charge >= 0.3 is 10.1 Å². The first-order valence-corrected chi connectivity index (χ1v) is 11.5. The average molecular weight is 389 g/mol. The molecule has 2 aromatic carbocycles. The van der Waals surface area contributed by atoms with Crippen LogP contribution < -0.4 is 4.18 Å². The van der Waals surface area contributed by atoms with E-state index in [1.807, 2.05) is 19.1 Å². The van der Waals surface area contributed by atoms with Crippen molar-refractivity contribution < 1.29 is 12.6 Å². The van der Waals surface area contributed by atoms with Gasteiger partial charge in [-0.15, -0.1) is 0 Å². The second kappa shape index (κ2) is 10.5. The average Bonchev–Trinajstić information content (AvgIpc) is 2.62. The summed E-state index contributed by atoms with van der Waals surface area (Å²) in [5.74, 6) is 0.427. The molecule has 0 aliphatic heterocycles. The highest BCUT2D eigenvalue weighted by Crippen LogP contribution is 2.24. The summed E-state index contributed by atoms with van der Waals surface area (Å²) in [6.07, 6.45) is 8.82. The van der Waals surface area contributed by atoms with E-state index in [0.29, 0.717) is 5.75 Å². The molecule has 0 saturated carbocycles. The van der Waals surface area contributed by atoms with Crippen LogP contribution >= 0.6 is 0 Å². The lowest BCUT2D eigenvalue weighted by atomic mass is 10.0. The molecule has 2 aromatic rings. The molecule has 0 spiro atoms. The fourth-order valence-electron chi connectivity index (χ4n) is 3.10. The SMILES string of the molecule is CCCCCc1cc(CCCCC)cc(OS(=O)(=O)c2ccc(C)cc2)c1. The van der Waals surface area contributed by atoms with Crippen molar-refractivity contribution in [3.8, 4) is 5.75 Å². The minimum absolute atomic E-state index is 0.192. The summed E-state index contributed by atoms with van der Waals surface area (Å²) < 4.78 is 30.8. The van der Waals surface area contributed by atoms with Crippen LogP contribution in [0.2, 0.25) is 0 Å². The second-order valence-electron chi connectivity index (χ2n) is 7.25. The first kappa shape index (κ1) is 21.5. The number of hydrogen-bond acceptors (Lipinski definition) is 3. The van der Waals surface area contributed by atoms with Crippen LogP contribution in [0.15, 0.2) is 47.4 Å². The molecular formula is C23H32O3S. The van der Waals surface area contributed by atoms with Crippen molar-refractivity contribution in [2.75, 3.05) is 0 Å². The van der Waals surface area contributed by atoms with Crippen molar-refractivity contribution >= 4 is 10.1 Å². The van der Waals surface area contributed by atoms with E-state index in [1.165, 1.54) is 25.7 Å². The Labute approximate surface area is 164 Å². The maximum Gasteiger partial charge on any atom is 0.339 e. The quantitative estimate of drug-likeness (QED) is 0.338. The number of aryl methyl sites for hydroxylation is 3. The van der Waals surface area contributed by atoms with Gasteiger partial charge in [-0.1, -0.05) is 63.3 Å². The fourth-order valence-corrected chi connectivity index (χ4v) is 4.02. The maximum absolute atomic E-state index is 12.6. The first-order chi connectivity index (χ1) is 12.9. The first-order valence-electron chi connectivity index (χ1n) is 10.1.